The normalized spacial score (nSPS) is 16.3. The predicted octanol–water partition coefficient (Wildman–Crippen LogP) is 3.12. The van der Waals surface area contributed by atoms with E-state index in [4.69, 9.17) is 11.6 Å². The zero-order chi connectivity index (χ0) is 17.1. The summed E-state index contributed by atoms with van der Waals surface area (Å²) in [6, 6.07) is 7.35. The third kappa shape index (κ3) is 3.62. The van der Waals surface area contributed by atoms with Gasteiger partial charge in [-0.25, -0.2) is 4.68 Å². The van der Waals surface area contributed by atoms with Crippen molar-refractivity contribution in [2.75, 3.05) is 6.54 Å². The third-order valence-electron chi connectivity index (χ3n) is 4.63. The first kappa shape index (κ1) is 17.0. The Morgan fingerprint density at radius 1 is 1.42 bits per heavy atom. The lowest BCUT2D eigenvalue weighted by atomic mass is 10.0. The molecule has 6 heteroatoms. The van der Waals surface area contributed by atoms with Gasteiger partial charge in [-0.2, -0.15) is 5.10 Å². The molecule has 0 spiro atoms. The molecule has 1 amide bonds. The molecule has 0 saturated heterocycles. The lowest BCUT2D eigenvalue weighted by Crippen LogP contribution is -2.36. The summed E-state index contributed by atoms with van der Waals surface area (Å²) in [5.41, 5.74) is 1.85. The van der Waals surface area contributed by atoms with E-state index in [-0.39, 0.29) is 12.5 Å². The number of carbonyl (C=O) groups excluding carboxylic acids is 1. The van der Waals surface area contributed by atoms with E-state index in [0.717, 1.165) is 36.9 Å². The Bertz CT molecular complexity index is 723. The largest absolute Gasteiger partial charge is 0.391 e. The van der Waals surface area contributed by atoms with Crippen LogP contribution in [0.15, 0.2) is 30.5 Å². The number of nitrogens with zero attached hydrogens (tertiary/aromatic N) is 2. The van der Waals surface area contributed by atoms with Gasteiger partial charge in [0.15, 0.2) is 5.69 Å². The van der Waals surface area contributed by atoms with E-state index in [1.165, 1.54) is 0 Å². The van der Waals surface area contributed by atoms with Crippen LogP contribution >= 0.6 is 11.6 Å². The van der Waals surface area contributed by atoms with Crippen LogP contribution in [-0.2, 0) is 0 Å². The minimum Gasteiger partial charge on any atom is -0.391 e. The second-order valence-corrected chi connectivity index (χ2v) is 6.79. The number of benzene rings is 1. The standard InChI is InChI=1S/C18H22ClN3O2/c1-12-11-22(15-9-5-4-8-14(15)19)21-17(12)18(24)20-10-16(23)13-6-2-3-7-13/h4-5,8-9,11,13,16,23H,2-3,6-7,10H2,1H3,(H,20,24). The third-order valence-corrected chi connectivity index (χ3v) is 4.95. The van der Waals surface area contributed by atoms with E-state index in [9.17, 15) is 9.90 Å². The number of para-hydroxylation sites is 1. The summed E-state index contributed by atoms with van der Waals surface area (Å²) in [7, 11) is 0. The number of aryl methyl sites for hydroxylation is 1. The van der Waals surface area contributed by atoms with E-state index < -0.39 is 6.10 Å². The molecule has 128 valence electrons. The number of hydrogen-bond donors (Lipinski definition) is 2. The second kappa shape index (κ2) is 7.36. The summed E-state index contributed by atoms with van der Waals surface area (Å²) in [5.74, 6) is 0.0300. The number of carbonyl (C=O) groups is 1. The predicted molar refractivity (Wildman–Crippen MR) is 93.6 cm³/mol. The average molecular weight is 348 g/mol. The Hall–Kier alpha value is -1.85. The van der Waals surface area contributed by atoms with Gasteiger partial charge in [0.05, 0.1) is 16.8 Å². The molecule has 1 aliphatic rings. The van der Waals surface area contributed by atoms with Crippen molar-refractivity contribution >= 4 is 17.5 Å². The molecule has 1 fully saturated rings. The summed E-state index contributed by atoms with van der Waals surface area (Å²) in [5, 5.41) is 17.9. The quantitative estimate of drug-likeness (QED) is 0.873. The molecule has 1 atom stereocenters. The number of aliphatic hydroxyl groups is 1. The highest BCUT2D eigenvalue weighted by Gasteiger charge is 2.24. The number of amides is 1. The van der Waals surface area contributed by atoms with Gasteiger partial charge < -0.3 is 10.4 Å². The zero-order valence-electron chi connectivity index (χ0n) is 13.7. The molecule has 1 unspecified atom stereocenters. The Morgan fingerprint density at radius 3 is 2.83 bits per heavy atom. The van der Waals surface area contributed by atoms with Crippen LogP contribution in [0.4, 0.5) is 0 Å². The number of hydrogen-bond acceptors (Lipinski definition) is 3. The van der Waals surface area contributed by atoms with Gasteiger partial charge in [-0.3, -0.25) is 4.79 Å². The van der Waals surface area contributed by atoms with Crippen molar-refractivity contribution in [2.45, 2.75) is 38.7 Å². The second-order valence-electron chi connectivity index (χ2n) is 6.38. The maximum atomic E-state index is 12.4. The molecule has 5 nitrogen and oxygen atoms in total. The van der Waals surface area contributed by atoms with Gasteiger partial charge >= 0.3 is 0 Å². The van der Waals surface area contributed by atoms with E-state index in [1.807, 2.05) is 25.1 Å². The number of halogens is 1. The SMILES string of the molecule is Cc1cn(-c2ccccc2Cl)nc1C(=O)NCC(O)C1CCCC1. The van der Waals surface area contributed by atoms with Gasteiger partial charge in [-0.15, -0.1) is 0 Å². The molecule has 0 bridgehead atoms. The highest BCUT2D eigenvalue weighted by atomic mass is 35.5. The molecule has 1 aromatic carbocycles. The van der Waals surface area contributed by atoms with Crippen molar-refractivity contribution in [3.63, 3.8) is 0 Å². The summed E-state index contributed by atoms with van der Waals surface area (Å²) >= 11 is 6.18. The molecule has 2 aromatic rings. The van der Waals surface area contributed by atoms with Gasteiger partial charge in [0.25, 0.3) is 5.91 Å². The molecule has 3 rings (SSSR count). The first-order valence-corrected chi connectivity index (χ1v) is 8.71. The highest BCUT2D eigenvalue weighted by Crippen LogP contribution is 2.27. The van der Waals surface area contributed by atoms with Crippen LogP contribution < -0.4 is 5.32 Å². The van der Waals surface area contributed by atoms with Crippen LogP contribution in [0.3, 0.4) is 0 Å². The summed E-state index contributed by atoms with van der Waals surface area (Å²) < 4.78 is 1.61. The first-order valence-electron chi connectivity index (χ1n) is 8.33. The number of aliphatic hydroxyl groups excluding tert-OH is 1. The monoisotopic (exact) mass is 347 g/mol. The van der Waals surface area contributed by atoms with Gasteiger partial charge in [-0.1, -0.05) is 36.6 Å². The summed E-state index contributed by atoms with van der Waals surface area (Å²) in [6.07, 6.45) is 5.70. The smallest absolute Gasteiger partial charge is 0.272 e. The van der Waals surface area contributed by atoms with Crippen molar-refractivity contribution in [2.24, 2.45) is 5.92 Å². The van der Waals surface area contributed by atoms with E-state index in [2.05, 4.69) is 10.4 Å². The van der Waals surface area contributed by atoms with Gasteiger partial charge in [0.2, 0.25) is 0 Å². The zero-order valence-corrected chi connectivity index (χ0v) is 14.5. The Kier molecular flexibility index (Phi) is 5.21. The van der Waals surface area contributed by atoms with Gasteiger partial charge in [0.1, 0.15) is 0 Å². The number of aromatic nitrogens is 2. The van der Waals surface area contributed by atoms with Crippen molar-refractivity contribution in [3.8, 4) is 5.69 Å². The molecule has 1 saturated carbocycles. The van der Waals surface area contributed by atoms with Crippen molar-refractivity contribution in [1.29, 1.82) is 0 Å². The lowest BCUT2D eigenvalue weighted by molar-refractivity contribution is 0.0835. The molecular formula is C18H22ClN3O2. The molecule has 1 aromatic heterocycles. The van der Waals surface area contributed by atoms with E-state index in [0.29, 0.717) is 16.6 Å². The molecular weight excluding hydrogens is 326 g/mol. The van der Waals surface area contributed by atoms with Crippen LogP contribution in [0.1, 0.15) is 41.7 Å². The van der Waals surface area contributed by atoms with Crippen LogP contribution in [0.25, 0.3) is 5.69 Å². The molecule has 1 heterocycles. The highest BCUT2D eigenvalue weighted by molar-refractivity contribution is 6.32. The minimum atomic E-state index is -0.484. The van der Waals surface area contributed by atoms with Crippen molar-refractivity contribution < 1.29 is 9.90 Å². The summed E-state index contributed by atoms with van der Waals surface area (Å²) in [6.45, 7) is 2.10. The molecule has 2 N–H and O–H groups in total. The number of nitrogens with one attached hydrogen (secondary N) is 1. The van der Waals surface area contributed by atoms with Crippen LogP contribution in [-0.4, -0.2) is 33.4 Å². The fraction of sp³-hybridized carbons (Fsp3) is 0.444. The maximum absolute atomic E-state index is 12.4. The Balaban J connectivity index is 1.68. The van der Waals surface area contributed by atoms with Gasteiger partial charge in [-0.05, 0) is 37.8 Å². The van der Waals surface area contributed by atoms with E-state index >= 15 is 0 Å². The fourth-order valence-electron chi connectivity index (χ4n) is 3.24. The van der Waals surface area contributed by atoms with E-state index in [1.54, 1.807) is 16.9 Å². The minimum absolute atomic E-state index is 0.266. The molecule has 1 aliphatic carbocycles. The Morgan fingerprint density at radius 2 is 2.12 bits per heavy atom. The number of rotatable bonds is 5. The van der Waals surface area contributed by atoms with Crippen LogP contribution in [0.5, 0.6) is 0 Å². The fourth-order valence-corrected chi connectivity index (χ4v) is 3.46. The average Bonchev–Trinajstić information content (AvgIpc) is 3.22. The van der Waals surface area contributed by atoms with Crippen LogP contribution in [0, 0.1) is 12.8 Å². The lowest BCUT2D eigenvalue weighted by Gasteiger charge is -2.17. The van der Waals surface area contributed by atoms with Crippen molar-refractivity contribution in [3.05, 3.63) is 46.7 Å². The van der Waals surface area contributed by atoms with Gasteiger partial charge in [0, 0.05) is 18.3 Å². The Labute approximate surface area is 146 Å². The molecule has 0 aliphatic heterocycles. The summed E-state index contributed by atoms with van der Waals surface area (Å²) in [4.78, 5) is 12.4. The topological polar surface area (TPSA) is 67.2 Å². The molecule has 24 heavy (non-hydrogen) atoms. The molecule has 0 radical (unpaired) electrons. The van der Waals surface area contributed by atoms with Crippen molar-refractivity contribution in [1.82, 2.24) is 15.1 Å². The van der Waals surface area contributed by atoms with Crippen LogP contribution in [0.2, 0.25) is 5.02 Å². The maximum Gasteiger partial charge on any atom is 0.272 e. The first-order chi connectivity index (χ1) is 11.6.